The number of aromatic nitrogens is 1. The molecule has 4 nitrogen and oxygen atoms in total. The first-order chi connectivity index (χ1) is 14.6. The maximum atomic E-state index is 12.4. The molecule has 1 atom stereocenters. The molecule has 4 rings (SSSR count). The molecule has 1 amide bonds. The van der Waals surface area contributed by atoms with Crippen molar-refractivity contribution in [3.8, 4) is 0 Å². The Morgan fingerprint density at radius 2 is 2.10 bits per heavy atom. The number of nitrogens with one attached hydrogen (secondary N) is 1. The zero-order valence-electron chi connectivity index (χ0n) is 17.1. The summed E-state index contributed by atoms with van der Waals surface area (Å²) in [6, 6.07) is 16.3. The Balaban J connectivity index is 1.24. The lowest BCUT2D eigenvalue weighted by Gasteiger charge is -2.21. The average molecular weight is 440 g/mol. The number of hydrogen-bond donors (Lipinski definition) is 1. The molecule has 2 aromatic carbocycles. The van der Waals surface area contributed by atoms with Crippen molar-refractivity contribution < 1.29 is 4.79 Å². The van der Waals surface area contributed by atoms with E-state index < -0.39 is 0 Å². The van der Waals surface area contributed by atoms with Gasteiger partial charge in [0.25, 0.3) is 0 Å². The first-order valence-electron chi connectivity index (χ1n) is 10.3. The van der Waals surface area contributed by atoms with Crippen LogP contribution in [0.3, 0.4) is 0 Å². The first-order valence-corrected chi connectivity index (χ1v) is 11.6. The highest BCUT2D eigenvalue weighted by molar-refractivity contribution is 7.09. The van der Waals surface area contributed by atoms with Crippen molar-refractivity contribution in [3.63, 3.8) is 0 Å². The minimum Gasteiger partial charge on any atom is -0.371 e. The Morgan fingerprint density at radius 3 is 2.93 bits per heavy atom. The Morgan fingerprint density at radius 1 is 1.27 bits per heavy atom. The van der Waals surface area contributed by atoms with Gasteiger partial charge in [0, 0.05) is 42.1 Å². The predicted molar refractivity (Wildman–Crippen MR) is 125 cm³/mol. The van der Waals surface area contributed by atoms with E-state index in [1.165, 1.54) is 16.8 Å². The number of carbonyl (C=O) groups excluding carboxylic acids is 1. The Kier molecular flexibility index (Phi) is 6.70. The van der Waals surface area contributed by atoms with E-state index in [0.717, 1.165) is 41.7 Å². The van der Waals surface area contributed by atoms with Gasteiger partial charge in [-0.2, -0.15) is 0 Å². The molecule has 0 spiro atoms. The number of aryl methyl sites for hydroxylation is 1. The van der Waals surface area contributed by atoms with E-state index in [1.54, 1.807) is 11.3 Å². The fourth-order valence-corrected chi connectivity index (χ4v) is 4.90. The molecule has 1 aliphatic heterocycles. The molecule has 1 aliphatic rings. The van der Waals surface area contributed by atoms with Crippen molar-refractivity contribution in [2.45, 2.75) is 26.2 Å². The van der Waals surface area contributed by atoms with E-state index >= 15 is 0 Å². The highest BCUT2D eigenvalue weighted by Crippen LogP contribution is 2.29. The number of carbonyl (C=O) groups is 1. The van der Waals surface area contributed by atoms with Gasteiger partial charge in [-0.25, -0.2) is 4.98 Å². The molecule has 0 radical (unpaired) electrons. The molecule has 1 unspecified atom stereocenters. The normalized spacial score (nSPS) is 16.1. The van der Waals surface area contributed by atoms with Gasteiger partial charge < -0.3 is 10.2 Å². The third-order valence-corrected chi connectivity index (χ3v) is 6.66. The molecule has 1 N–H and O–H groups in total. The summed E-state index contributed by atoms with van der Waals surface area (Å²) >= 11 is 7.79. The van der Waals surface area contributed by atoms with Gasteiger partial charge >= 0.3 is 0 Å². The van der Waals surface area contributed by atoms with Crippen LogP contribution in [0, 0.1) is 12.8 Å². The summed E-state index contributed by atoms with van der Waals surface area (Å²) in [6.07, 6.45) is 2.23. The monoisotopic (exact) mass is 439 g/mol. The van der Waals surface area contributed by atoms with E-state index in [-0.39, 0.29) is 5.91 Å². The second kappa shape index (κ2) is 9.63. The van der Waals surface area contributed by atoms with Gasteiger partial charge in [0.1, 0.15) is 0 Å². The number of nitrogens with zero attached hydrogens (tertiary/aromatic N) is 2. The van der Waals surface area contributed by atoms with Crippen LogP contribution in [-0.2, 0) is 17.6 Å². The molecule has 6 heteroatoms. The number of thiazole rings is 1. The highest BCUT2D eigenvalue weighted by atomic mass is 35.5. The van der Waals surface area contributed by atoms with Gasteiger partial charge in [0.2, 0.25) is 5.91 Å². The Hall–Kier alpha value is -2.37. The predicted octanol–water partition coefficient (Wildman–Crippen LogP) is 4.88. The van der Waals surface area contributed by atoms with E-state index in [2.05, 4.69) is 40.3 Å². The van der Waals surface area contributed by atoms with Crippen molar-refractivity contribution in [2.24, 2.45) is 5.92 Å². The van der Waals surface area contributed by atoms with E-state index in [1.807, 2.05) is 35.7 Å². The summed E-state index contributed by atoms with van der Waals surface area (Å²) in [5.74, 6) is 0.500. The van der Waals surface area contributed by atoms with Crippen LogP contribution in [0.4, 0.5) is 5.69 Å². The summed E-state index contributed by atoms with van der Waals surface area (Å²) < 4.78 is 0. The Labute approximate surface area is 186 Å². The van der Waals surface area contributed by atoms with Crippen LogP contribution in [0.5, 0.6) is 0 Å². The van der Waals surface area contributed by atoms with Crippen molar-refractivity contribution in [3.05, 3.63) is 80.8 Å². The second-order valence-electron chi connectivity index (χ2n) is 7.91. The number of anilines is 1. The van der Waals surface area contributed by atoms with Gasteiger partial charge in [0.05, 0.1) is 17.1 Å². The van der Waals surface area contributed by atoms with Gasteiger partial charge in [0.15, 0.2) is 0 Å². The fraction of sp³-hybridized carbons (Fsp3) is 0.333. The van der Waals surface area contributed by atoms with Crippen LogP contribution >= 0.6 is 22.9 Å². The van der Waals surface area contributed by atoms with Gasteiger partial charge in [-0.1, -0.05) is 48.0 Å². The smallest absolute Gasteiger partial charge is 0.226 e. The van der Waals surface area contributed by atoms with Crippen LogP contribution in [0.2, 0.25) is 5.02 Å². The van der Waals surface area contributed by atoms with E-state index in [0.29, 0.717) is 18.9 Å². The standard InChI is InChI=1S/C24H26ClN3OS/c1-17-7-8-20(25)12-22(17)28-10-9-19(15-28)14-26-23(29)13-21-16-30-24(27-21)11-18-5-3-2-4-6-18/h2-8,12,16,19H,9-11,13-15H2,1H3,(H,26,29). The fourth-order valence-electron chi connectivity index (χ4n) is 3.91. The molecule has 0 bridgehead atoms. The molecule has 3 aromatic rings. The largest absolute Gasteiger partial charge is 0.371 e. The molecular formula is C24H26ClN3OS. The lowest BCUT2D eigenvalue weighted by Crippen LogP contribution is -2.32. The maximum absolute atomic E-state index is 12.4. The van der Waals surface area contributed by atoms with Crippen molar-refractivity contribution in [2.75, 3.05) is 24.5 Å². The average Bonchev–Trinajstić information content (AvgIpc) is 3.39. The molecule has 1 saturated heterocycles. The van der Waals surface area contributed by atoms with Crippen LogP contribution in [0.1, 0.15) is 28.2 Å². The second-order valence-corrected chi connectivity index (χ2v) is 9.29. The first kappa shape index (κ1) is 20.9. The lowest BCUT2D eigenvalue weighted by atomic mass is 10.1. The van der Waals surface area contributed by atoms with Gasteiger partial charge in [-0.05, 0) is 42.5 Å². The topological polar surface area (TPSA) is 45.2 Å². The van der Waals surface area contributed by atoms with Crippen molar-refractivity contribution in [1.82, 2.24) is 10.3 Å². The molecular weight excluding hydrogens is 414 g/mol. The third kappa shape index (κ3) is 5.41. The zero-order chi connectivity index (χ0) is 20.9. The van der Waals surface area contributed by atoms with E-state index in [4.69, 9.17) is 11.6 Å². The summed E-state index contributed by atoms with van der Waals surface area (Å²) in [7, 11) is 0. The van der Waals surface area contributed by atoms with Gasteiger partial charge in [-0.3, -0.25) is 4.79 Å². The number of hydrogen-bond acceptors (Lipinski definition) is 4. The van der Waals surface area contributed by atoms with Crippen LogP contribution in [0.15, 0.2) is 53.9 Å². The third-order valence-electron chi connectivity index (χ3n) is 5.52. The zero-order valence-corrected chi connectivity index (χ0v) is 18.7. The molecule has 156 valence electrons. The molecule has 0 saturated carbocycles. The van der Waals surface area contributed by atoms with Crippen LogP contribution in [0.25, 0.3) is 0 Å². The maximum Gasteiger partial charge on any atom is 0.226 e. The van der Waals surface area contributed by atoms with Crippen molar-refractivity contribution >= 4 is 34.5 Å². The molecule has 2 heterocycles. The van der Waals surface area contributed by atoms with Crippen LogP contribution < -0.4 is 10.2 Å². The lowest BCUT2D eigenvalue weighted by molar-refractivity contribution is -0.120. The number of rotatable bonds is 7. The van der Waals surface area contributed by atoms with Crippen molar-refractivity contribution in [1.29, 1.82) is 0 Å². The highest BCUT2D eigenvalue weighted by Gasteiger charge is 2.24. The number of halogens is 1. The summed E-state index contributed by atoms with van der Waals surface area (Å²) in [4.78, 5) is 19.4. The quantitative estimate of drug-likeness (QED) is 0.570. The minimum atomic E-state index is 0.0453. The molecule has 30 heavy (non-hydrogen) atoms. The summed E-state index contributed by atoms with van der Waals surface area (Å²) in [5.41, 5.74) is 4.53. The van der Waals surface area contributed by atoms with Gasteiger partial charge in [-0.15, -0.1) is 11.3 Å². The molecule has 0 aliphatic carbocycles. The summed E-state index contributed by atoms with van der Waals surface area (Å²) in [6.45, 7) is 4.76. The number of amides is 1. The SMILES string of the molecule is Cc1ccc(Cl)cc1N1CCC(CNC(=O)Cc2csc(Cc3ccccc3)n2)C1. The Bertz CT molecular complexity index is 1000. The molecule has 1 fully saturated rings. The van der Waals surface area contributed by atoms with Crippen LogP contribution in [-0.4, -0.2) is 30.5 Å². The summed E-state index contributed by atoms with van der Waals surface area (Å²) in [5, 5.41) is 6.91. The van der Waals surface area contributed by atoms with E-state index in [9.17, 15) is 4.79 Å². The number of benzene rings is 2. The molecule has 1 aromatic heterocycles. The minimum absolute atomic E-state index is 0.0453.